The quantitative estimate of drug-likeness (QED) is 0.0243. The highest BCUT2D eigenvalue weighted by molar-refractivity contribution is 7.47. The van der Waals surface area contributed by atoms with Gasteiger partial charge in [-0.25, -0.2) is 4.57 Å². The third kappa shape index (κ3) is 36.2. The Morgan fingerprint density at radius 1 is 0.528 bits per heavy atom. The number of allylic oxidation sites excluding steroid dienone is 12. The van der Waals surface area contributed by atoms with Gasteiger partial charge in [0.25, 0.3) is 0 Å². The van der Waals surface area contributed by atoms with Crippen molar-refractivity contribution in [3.05, 3.63) is 72.9 Å². The molecule has 0 saturated carbocycles. The van der Waals surface area contributed by atoms with Crippen molar-refractivity contribution >= 4 is 19.8 Å². The van der Waals surface area contributed by atoms with Crippen molar-refractivity contribution in [2.24, 2.45) is 0 Å². The van der Waals surface area contributed by atoms with Crippen molar-refractivity contribution in [3.8, 4) is 0 Å². The molecule has 0 saturated heterocycles. The third-order valence-corrected chi connectivity index (χ3v) is 8.83. The fourth-order valence-electron chi connectivity index (χ4n) is 4.85. The average molecular weight is 767 g/mol. The molecule has 0 radical (unpaired) electrons. The monoisotopic (exact) mass is 766 g/mol. The second-order valence-electron chi connectivity index (χ2n) is 12.9. The Balaban J connectivity index is 4.03. The zero-order valence-corrected chi connectivity index (χ0v) is 33.6. The molecule has 0 rings (SSSR count). The molecule has 53 heavy (non-hydrogen) atoms. The highest BCUT2D eigenvalue weighted by atomic mass is 31.2. The fourth-order valence-corrected chi connectivity index (χ4v) is 5.63. The van der Waals surface area contributed by atoms with E-state index in [0.29, 0.717) is 12.8 Å². The van der Waals surface area contributed by atoms with Crippen molar-refractivity contribution in [1.29, 1.82) is 0 Å². The smallest absolute Gasteiger partial charge is 0.457 e. The van der Waals surface area contributed by atoms with E-state index in [9.17, 15) is 29.3 Å². The Labute approximate surface area is 320 Å². The molecule has 0 aliphatic heterocycles. The molecule has 0 aliphatic rings. The predicted octanol–water partition coefficient (Wildman–Crippen LogP) is 10.1. The van der Waals surface area contributed by atoms with Crippen LogP contribution in [-0.4, -0.2) is 65.7 Å². The molecule has 0 bridgehead atoms. The van der Waals surface area contributed by atoms with Crippen LogP contribution in [0.15, 0.2) is 72.9 Å². The molecule has 0 aromatic rings. The minimum atomic E-state index is -4.65. The highest BCUT2D eigenvalue weighted by Gasteiger charge is 2.27. The van der Waals surface area contributed by atoms with Gasteiger partial charge in [0.1, 0.15) is 12.2 Å². The van der Waals surface area contributed by atoms with Crippen LogP contribution < -0.4 is 0 Å². The van der Waals surface area contributed by atoms with E-state index in [1.165, 1.54) is 6.42 Å². The van der Waals surface area contributed by atoms with Crippen molar-refractivity contribution < 1.29 is 47.8 Å². The molecule has 0 aromatic carbocycles. The van der Waals surface area contributed by atoms with Crippen molar-refractivity contribution in [2.75, 3.05) is 26.4 Å². The minimum Gasteiger partial charge on any atom is -0.457 e. The van der Waals surface area contributed by atoms with Crippen LogP contribution >= 0.6 is 7.82 Å². The van der Waals surface area contributed by atoms with Gasteiger partial charge in [-0.3, -0.25) is 18.6 Å². The van der Waals surface area contributed by atoms with Gasteiger partial charge in [0.05, 0.1) is 26.4 Å². The Bertz CT molecular complexity index is 1110. The lowest BCUT2D eigenvalue weighted by atomic mass is 10.1. The number of aliphatic hydroxyl groups excluding tert-OH is 2. The molecule has 10 nitrogen and oxygen atoms in total. The second-order valence-corrected chi connectivity index (χ2v) is 14.3. The van der Waals surface area contributed by atoms with Gasteiger partial charge >= 0.3 is 19.8 Å². The van der Waals surface area contributed by atoms with E-state index in [-0.39, 0.29) is 12.8 Å². The van der Waals surface area contributed by atoms with E-state index < -0.39 is 58.4 Å². The molecule has 0 spiro atoms. The number of hydrogen-bond acceptors (Lipinski definition) is 9. The van der Waals surface area contributed by atoms with E-state index in [1.807, 2.05) is 0 Å². The van der Waals surface area contributed by atoms with Crippen LogP contribution in [0.5, 0.6) is 0 Å². The van der Waals surface area contributed by atoms with Gasteiger partial charge in [-0.2, -0.15) is 0 Å². The van der Waals surface area contributed by atoms with E-state index in [2.05, 4.69) is 86.8 Å². The van der Waals surface area contributed by atoms with Gasteiger partial charge in [0.15, 0.2) is 0 Å². The Kier molecular flexibility index (Phi) is 35.9. The van der Waals surface area contributed by atoms with Gasteiger partial charge in [-0.05, 0) is 77.0 Å². The molecule has 0 aromatic heterocycles. The number of phosphoric acid groups is 1. The highest BCUT2D eigenvalue weighted by Crippen LogP contribution is 2.43. The SMILES string of the molecule is CC/C=C\C/C=C\C/C=C\C/C=C\CCCCCCC(=O)OC(CO)COP(=O)(O)OCC(CO)OC(=O)CCCCCCC/C=C\C/C=C\CCC. The zero-order valence-electron chi connectivity index (χ0n) is 32.7. The second kappa shape index (κ2) is 37.7. The predicted molar refractivity (Wildman–Crippen MR) is 214 cm³/mol. The van der Waals surface area contributed by atoms with Crippen molar-refractivity contribution in [1.82, 2.24) is 0 Å². The number of unbranched alkanes of at least 4 members (excludes halogenated alkanes) is 10. The molecular formula is C42H71O10P. The summed E-state index contributed by atoms with van der Waals surface area (Å²) in [6, 6.07) is 0. The third-order valence-electron chi connectivity index (χ3n) is 7.88. The van der Waals surface area contributed by atoms with E-state index in [4.69, 9.17) is 18.5 Å². The maximum absolute atomic E-state index is 12.3. The molecule has 3 unspecified atom stereocenters. The number of ether oxygens (including phenoxy) is 2. The van der Waals surface area contributed by atoms with Crippen LogP contribution in [0, 0.1) is 0 Å². The summed E-state index contributed by atoms with van der Waals surface area (Å²) in [5.41, 5.74) is 0. The summed E-state index contributed by atoms with van der Waals surface area (Å²) < 4.78 is 32.4. The molecule has 3 N–H and O–H groups in total. The lowest BCUT2D eigenvalue weighted by Crippen LogP contribution is -2.28. The minimum absolute atomic E-state index is 0.159. The zero-order chi connectivity index (χ0) is 39.1. The summed E-state index contributed by atoms with van der Waals surface area (Å²) in [5.74, 6) is -1.07. The summed E-state index contributed by atoms with van der Waals surface area (Å²) in [7, 11) is -4.65. The maximum atomic E-state index is 12.3. The summed E-state index contributed by atoms with van der Waals surface area (Å²) in [6.45, 7) is 1.95. The van der Waals surface area contributed by atoms with Gasteiger partial charge < -0.3 is 24.6 Å². The molecular weight excluding hydrogens is 695 g/mol. The topological polar surface area (TPSA) is 149 Å². The average Bonchev–Trinajstić information content (AvgIpc) is 3.14. The van der Waals surface area contributed by atoms with Crippen LogP contribution in [0.1, 0.15) is 142 Å². The number of carbonyl (C=O) groups excluding carboxylic acids is 2. The number of esters is 2. The van der Waals surface area contributed by atoms with Crippen LogP contribution in [0.4, 0.5) is 0 Å². The first-order valence-electron chi connectivity index (χ1n) is 19.9. The maximum Gasteiger partial charge on any atom is 0.472 e. The molecule has 11 heteroatoms. The standard InChI is InChI=1S/C42H71O10P/c1-3-5-7-9-11-13-15-17-18-19-20-22-24-26-28-30-32-34-42(46)52-40(36-44)38-50-53(47,48)49-37-39(35-43)51-41(45)33-31-29-27-25-23-21-16-14-12-10-8-6-4-2/h5,7-8,10-11,13-14,16-18,20,22,39-40,43-44H,3-4,6,9,12,15,19,21,23-38H2,1-2H3,(H,47,48)/b7-5-,10-8-,13-11-,16-14-,18-17-,22-20-. The van der Waals surface area contributed by atoms with E-state index in [1.54, 1.807) is 0 Å². The number of aliphatic hydroxyl groups is 2. The molecule has 3 atom stereocenters. The first-order valence-corrected chi connectivity index (χ1v) is 21.4. The van der Waals surface area contributed by atoms with E-state index in [0.717, 1.165) is 96.3 Å². The fraction of sp³-hybridized carbons (Fsp3) is 0.667. The first-order chi connectivity index (χ1) is 25.8. The Morgan fingerprint density at radius 3 is 1.28 bits per heavy atom. The molecule has 0 heterocycles. The lowest BCUT2D eigenvalue weighted by Gasteiger charge is -2.20. The van der Waals surface area contributed by atoms with Gasteiger partial charge in [0.2, 0.25) is 0 Å². The number of phosphoric ester groups is 1. The summed E-state index contributed by atoms with van der Waals surface area (Å²) in [5, 5.41) is 19.1. The summed E-state index contributed by atoms with van der Waals surface area (Å²) in [4.78, 5) is 34.4. The van der Waals surface area contributed by atoms with Crippen LogP contribution in [0.3, 0.4) is 0 Å². The van der Waals surface area contributed by atoms with Crippen molar-refractivity contribution in [3.63, 3.8) is 0 Å². The molecule has 304 valence electrons. The van der Waals surface area contributed by atoms with Gasteiger partial charge in [0, 0.05) is 12.8 Å². The van der Waals surface area contributed by atoms with Crippen LogP contribution in [0.25, 0.3) is 0 Å². The Morgan fingerprint density at radius 2 is 0.887 bits per heavy atom. The molecule has 0 fully saturated rings. The normalized spacial score (nSPS) is 14.7. The Hall–Kier alpha value is -2.59. The van der Waals surface area contributed by atoms with E-state index >= 15 is 0 Å². The lowest BCUT2D eigenvalue weighted by molar-refractivity contribution is -0.153. The summed E-state index contributed by atoms with van der Waals surface area (Å²) in [6.07, 6.45) is 41.6. The van der Waals surface area contributed by atoms with Crippen molar-refractivity contribution in [2.45, 2.75) is 154 Å². The molecule has 0 aliphatic carbocycles. The van der Waals surface area contributed by atoms with Crippen LogP contribution in [0.2, 0.25) is 0 Å². The molecule has 0 amide bonds. The summed E-state index contributed by atoms with van der Waals surface area (Å²) >= 11 is 0. The van der Waals surface area contributed by atoms with Gasteiger partial charge in [-0.15, -0.1) is 0 Å². The largest absolute Gasteiger partial charge is 0.472 e. The van der Waals surface area contributed by atoms with Gasteiger partial charge in [-0.1, -0.05) is 125 Å². The number of rotatable bonds is 36. The number of carbonyl (C=O) groups is 2. The first kappa shape index (κ1) is 50.4. The number of hydrogen-bond donors (Lipinski definition) is 3. The van der Waals surface area contributed by atoms with Crippen LogP contribution in [-0.2, 0) is 32.7 Å².